The fourth-order valence-electron chi connectivity index (χ4n) is 3.14. The van der Waals surface area contributed by atoms with Crippen LogP contribution < -0.4 is 5.32 Å². The summed E-state index contributed by atoms with van der Waals surface area (Å²) in [5.74, 6) is -0.602. The number of carboxylic acids is 1. The molecule has 6 heteroatoms. The number of imidazole rings is 1. The molecule has 1 amide bonds. The molecule has 0 aliphatic heterocycles. The zero-order chi connectivity index (χ0) is 18.8. The van der Waals surface area contributed by atoms with Crippen molar-refractivity contribution in [2.24, 2.45) is 0 Å². The Kier molecular flexibility index (Phi) is 4.75. The summed E-state index contributed by atoms with van der Waals surface area (Å²) in [5, 5.41) is 12.1. The van der Waals surface area contributed by atoms with Crippen molar-refractivity contribution in [3.63, 3.8) is 0 Å². The number of carbonyl (C=O) groups excluding carboxylic acids is 1. The maximum Gasteiger partial charge on any atom is 0.335 e. The van der Waals surface area contributed by atoms with Crippen LogP contribution in [-0.4, -0.2) is 26.5 Å². The number of aromatic carboxylic acids is 1. The standard InChI is InChI=1S/C20H21N3O3/c1-4-23-17-8-6-5-7-16(17)22-18(23)13(3)21-19(24)14-9-12(2)10-15(11-14)20(25)26/h5-11,13H,4H2,1-3H3,(H,21,24)(H,25,26). The van der Waals surface area contributed by atoms with Crippen molar-refractivity contribution >= 4 is 22.9 Å². The second-order valence-electron chi connectivity index (χ2n) is 6.29. The molecule has 0 aliphatic rings. The summed E-state index contributed by atoms with van der Waals surface area (Å²) in [5.41, 5.74) is 3.06. The molecule has 3 aromatic rings. The number of carboxylic acid groups (broad SMARTS) is 1. The maximum atomic E-state index is 12.6. The largest absolute Gasteiger partial charge is 0.478 e. The van der Waals surface area contributed by atoms with Gasteiger partial charge in [0.05, 0.1) is 22.6 Å². The molecular formula is C20H21N3O3. The lowest BCUT2D eigenvalue weighted by Gasteiger charge is -2.16. The number of nitrogens with zero attached hydrogens (tertiary/aromatic N) is 2. The Labute approximate surface area is 151 Å². The number of carbonyl (C=O) groups is 2. The molecule has 1 heterocycles. The molecule has 0 spiro atoms. The molecule has 0 radical (unpaired) electrons. The number of amides is 1. The summed E-state index contributed by atoms with van der Waals surface area (Å²) in [6, 6.07) is 12.1. The Morgan fingerprint density at radius 3 is 2.58 bits per heavy atom. The predicted molar refractivity (Wildman–Crippen MR) is 99.4 cm³/mol. The molecule has 2 aromatic carbocycles. The fraction of sp³-hybridized carbons (Fsp3) is 0.250. The lowest BCUT2D eigenvalue weighted by Crippen LogP contribution is -2.29. The van der Waals surface area contributed by atoms with E-state index in [1.54, 1.807) is 19.1 Å². The molecule has 6 nitrogen and oxygen atoms in total. The summed E-state index contributed by atoms with van der Waals surface area (Å²) < 4.78 is 2.07. The second kappa shape index (κ2) is 7.00. The molecule has 26 heavy (non-hydrogen) atoms. The van der Waals surface area contributed by atoms with Crippen LogP contribution in [0.1, 0.15) is 52.0 Å². The van der Waals surface area contributed by atoms with Gasteiger partial charge in [0, 0.05) is 12.1 Å². The van der Waals surface area contributed by atoms with Crippen LogP contribution in [0.25, 0.3) is 11.0 Å². The van der Waals surface area contributed by atoms with E-state index in [1.807, 2.05) is 38.1 Å². The first kappa shape index (κ1) is 17.7. The molecule has 3 rings (SSSR count). The summed E-state index contributed by atoms with van der Waals surface area (Å²) >= 11 is 0. The van der Waals surface area contributed by atoms with Crippen LogP contribution in [0.5, 0.6) is 0 Å². The predicted octanol–water partition coefficient (Wildman–Crippen LogP) is 3.55. The smallest absolute Gasteiger partial charge is 0.335 e. The summed E-state index contributed by atoms with van der Waals surface area (Å²) in [7, 11) is 0. The van der Waals surface area contributed by atoms with E-state index in [-0.39, 0.29) is 17.5 Å². The minimum absolute atomic E-state index is 0.101. The number of rotatable bonds is 5. The Balaban J connectivity index is 1.90. The number of hydrogen-bond acceptors (Lipinski definition) is 3. The number of fused-ring (bicyclic) bond motifs is 1. The topological polar surface area (TPSA) is 84.2 Å². The molecule has 1 aromatic heterocycles. The third-order valence-electron chi connectivity index (χ3n) is 4.32. The van der Waals surface area contributed by atoms with Crippen LogP contribution in [0.3, 0.4) is 0 Å². The van der Waals surface area contributed by atoms with Gasteiger partial charge in [0.2, 0.25) is 0 Å². The van der Waals surface area contributed by atoms with Gasteiger partial charge in [-0.3, -0.25) is 4.79 Å². The van der Waals surface area contributed by atoms with Gasteiger partial charge in [-0.15, -0.1) is 0 Å². The average molecular weight is 351 g/mol. The first-order valence-corrected chi connectivity index (χ1v) is 8.51. The Bertz CT molecular complexity index is 991. The highest BCUT2D eigenvalue weighted by molar-refractivity contribution is 5.98. The van der Waals surface area contributed by atoms with Crippen molar-refractivity contribution in [3.05, 3.63) is 65.0 Å². The van der Waals surface area contributed by atoms with E-state index in [9.17, 15) is 14.7 Å². The van der Waals surface area contributed by atoms with E-state index in [0.717, 1.165) is 29.0 Å². The van der Waals surface area contributed by atoms with Gasteiger partial charge < -0.3 is 15.0 Å². The number of aryl methyl sites for hydroxylation is 2. The van der Waals surface area contributed by atoms with Crippen LogP contribution in [0, 0.1) is 6.92 Å². The van der Waals surface area contributed by atoms with Gasteiger partial charge >= 0.3 is 5.97 Å². The minimum atomic E-state index is -1.05. The molecule has 0 saturated carbocycles. The maximum absolute atomic E-state index is 12.6. The Morgan fingerprint density at radius 2 is 1.88 bits per heavy atom. The van der Waals surface area contributed by atoms with Crippen LogP contribution >= 0.6 is 0 Å². The average Bonchev–Trinajstić information content (AvgIpc) is 2.99. The summed E-state index contributed by atoms with van der Waals surface area (Å²) in [6.45, 7) is 6.41. The molecular weight excluding hydrogens is 330 g/mol. The van der Waals surface area contributed by atoms with E-state index in [0.29, 0.717) is 5.56 Å². The van der Waals surface area contributed by atoms with E-state index < -0.39 is 5.97 Å². The number of aromatic nitrogens is 2. The first-order valence-electron chi connectivity index (χ1n) is 8.51. The second-order valence-corrected chi connectivity index (χ2v) is 6.29. The molecule has 1 unspecified atom stereocenters. The van der Waals surface area contributed by atoms with Crippen molar-refractivity contribution in [1.82, 2.24) is 14.9 Å². The third kappa shape index (κ3) is 3.31. The van der Waals surface area contributed by atoms with Crippen molar-refractivity contribution in [3.8, 4) is 0 Å². The molecule has 0 saturated heterocycles. The molecule has 0 bridgehead atoms. The van der Waals surface area contributed by atoms with Crippen LogP contribution in [0.15, 0.2) is 42.5 Å². The number of hydrogen-bond donors (Lipinski definition) is 2. The van der Waals surface area contributed by atoms with Crippen LogP contribution in [-0.2, 0) is 6.54 Å². The van der Waals surface area contributed by atoms with Gasteiger partial charge in [-0.2, -0.15) is 0 Å². The lowest BCUT2D eigenvalue weighted by molar-refractivity contribution is 0.0696. The van der Waals surface area contributed by atoms with Gasteiger partial charge in [0.15, 0.2) is 0 Å². The van der Waals surface area contributed by atoms with Crippen molar-refractivity contribution in [2.45, 2.75) is 33.4 Å². The zero-order valence-corrected chi connectivity index (χ0v) is 15.0. The van der Waals surface area contributed by atoms with Crippen LogP contribution in [0.4, 0.5) is 0 Å². The lowest BCUT2D eigenvalue weighted by atomic mass is 10.1. The molecule has 0 aliphatic carbocycles. The van der Waals surface area contributed by atoms with Crippen molar-refractivity contribution in [2.75, 3.05) is 0 Å². The quantitative estimate of drug-likeness (QED) is 0.736. The van der Waals surface area contributed by atoms with E-state index in [1.165, 1.54) is 6.07 Å². The highest BCUT2D eigenvalue weighted by Gasteiger charge is 2.19. The van der Waals surface area contributed by atoms with E-state index in [4.69, 9.17) is 0 Å². The van der Waals surface area contributed by atoms with Crippen molar-refractivity contribution in [1.29, 1.82) is 0 Å². The minimum Gasteiger partial charge on any atom is -0.478 e. The van der Waals surface area contributed by atoms with Crippen LogP contribution in [0.2, 0.25) is 0 Å². The third-order valence-corrected chi connectivity index (χ3v) is 4.32. The fourth-order valence-corrected chi connectivity index (χ4v) is 3.14. The summed E-state index contributed by atoms with van der Waals surface area (Å²) in [4.78, 5) is 28.5. The van der Waals surface area contributed by atoms with Gasteiger partial charge in [0.25, 0.3) is 5.91 Å². The molecule has 0 fully saturated rings. The van der Waals surface area contributed by atoms with Crippen molar-refractivity contribution < 1.29 is 14.7 Å². The highest BCUT2D eigenvalue weighted by Crippen LogP contribution is 2.21. The zero-order valence-electron chi connectivity index (χ0n) is 15.0. The molecule has 2 N–H and O–H groups in total. The SMILES string of the molecule is CCn1c(C(C)NC(=O)c2cc(C)cc(C(=O)O)c2)nc2ccccc21. The monoisotopic (exact) mass is 351 g/mol. The van der Waals surface area contributed by atoms with Gasteiger partial charge in [-0.05, 0) is 56.7 Å². The van der Waals surface area contributed by atoms with Gasteiger partial charge in [-0.25, -0.2) is 9.78 Å². The Morgan fingerprint density at radius 1 is 1.19 bits per heavy atom. The first-order chi connectivity index (χ1) is 12.4. The van der Waals surface area contributed by atoms with Gasteiger partial charge in [0.1, 0.15) is 5.82 Å². The van der Waals surface area contributed by atoms with E-state index >= 15 is 0 Å². The number of benzene rings is 2. The Hall–Kier alpha value is -3.15. The molecule has 134 valence electrons. The highest BCUT2D eigenvalue weighted by atomic mass is 16.4. The molecule has 1 atom stereocenters. The van der Waals surface area contributed by atoms with E-state index in [2.05, 4.69) is 14.9 Å². The number of nitrogens with one attached hydrogen (secondary N) is 1. The van der Waals surface area contributed by atoms with Gasteiger partial charge in [-0.1, -0.05) is 12.1 Å². The summed E-state index contributed by atoms with van der Waals surface area (Å²) in [6.07, 6.45) is 0. The number of para-hydroxylation sites is 2. The normalized spacial score (nSPS) is 12.1.